The summed E-state index contributed by atoms with van der Waals surface area (Å²) >= 11 is 5.96. The molecule has 0 bridgehead atoms. The van der Waals surface area contributed by atoms with E-state index in [4.69, 9.17) is 16.7 Å². The van der Waals surface area contributed by atoms with E-state index >= 15 is 0 Å². The molecule has 1 fully saturated rings. The number of anilines is 1. The molecule has 0 aliphatic carbocycles. The van der Waals surface area contributed by atoms with Crippen LogP contribution in [0.1, 0.15) is 12.1 Å². The van der Waals surface area contributed by atoms with Gasteiger partial charge in [-0.3, -0.25) is 0 Å². The number of fused-ring (bicyclic) bond motifs is 1. The van der Waals surface area contributed by atoms with Gasteiger partial charge in [-0.15, -0.1) is 0 Å². The summed E-state index contributed by atoms with van der Waals surface area (Å²) in [7, 11) is 0. The number of β-amino-alcohol motifs (C(OH)–C–C–N with tert-alkyl or cyclic N) is 1. The van der Waals surface area contributed by atoms with Gasteiger partial charge < -0.3 is 10.0 Å². The van der Waals surface area contributed by atoms with Crippen molar-refractivity contribution in [1.82, 2.24) is 14.6 Å². The third-order valence-corrected chi connectivity index (χ3v) is 4.42. The van der Waals surface area contributed by atoms with Crippen LogP contribution in [0.25, 0.3) is 16.9 Å². The quantitative estimate of drug-likeness (QED) is 0.786. The van der Waals surface area contributed by atoms with E-state index in [2.05, 4.69) is 9.88 Å². The van der Waals surface area contributed by atoms with Gasteiger partial charge >= 0.3 is 0 Å². The molecule has 0 radical (unpaired) electrons. The molecule has 1 aromatic carbocycles. The molecule has 1 aliphatic heterocycles. The van der Waals surface area contributed by atoms with Crippen molar-refractivity contribution in [2.75, 3.05) is 18.0 Å². The molecule has 0 saturated carbocycles. The maximum Gasteiger partial charge on any atom is 0.158 e. The van der Waals surface area contributed by atoms with E-state index in [-0.39, 0.29) is 6.10 Å². The van der Waals surface area contributed by atoms with Gasteiger partial charge in [0.25, 0.3) is 0 Å². The highest BCUT2D eigenvalue weighted by molar-refractivity contribution is 6.30. The summed E-state index contributed by atoms with van der Waals surface area (Å²) in [6.07, 6.45) is 0.513. The summed E-state index contributed by atoms with van der Waals surface area (Å²) in [6.45, 7) is 3.44. The lowest BCUT2D eigenvalue weighted by atomic mass is 10.2. The molecule has 3 heterocycles. The Bertz CT molecular complexity index is 859. The first kappa shape index (κ1) is 14.5. The number of aliphatic hydroxyl groups is 1. The van der Waals surface area contributed by atoms with Gasteiger partial charge in [0.05, 0.1) is 11.8 Å². The van der Waals surface area contributed by atoms with Gasteiger partial charge in [-0.2, -0.15) is 9.61 Å². The van der Waals surface area contributed by atoms with Crippen molar-refractivity contribution in [2.45, 2.75) is 19.4 Å². The Labute approximate surface area is 139 Å². The molecular weight excluding hydrogens is 312 g/mol. The first-order valence-electron chi connectivity index (χ1n) is 7.66. The maximum atomic E-state index is 9.81. The van der Waals surface area contributed by atoms with E-state index in [1.807, 2.05) is 47.8 Å². The van der Waals surface area contributed by atoms with Crippen LogP contribution in [0.5, 0.6) is 0 Å². The van der Waals surface area contributed by atoms with Crippen molar-refractivity contribution >= 4 is 23.1 Å². The van der Waals surface area contributed by atoms with E-state index in [1.165, 1.54) is 0 Å². The summed E-state index contributed by atoms with van der Waals surface area (Å²) in [5.74, 6) is 0.976. The molecule has 23 heavy (non-hydrogen) atoms. The highest BCUT2D eigenvalue weighted by atomic mass is 35.5. The Balaban J connectivity index is 1.83. The maximum absolute atomic E-state index is 9.81. The summed E-state index contributed by atoms with van der Waals surface area (Å²) in [5.41, 5.74) is 3.62. The highest BCUT2D eigenvalue weighted by Crippen LogP contribution is 2.26. The fourth-order valence-corrected chi connectivity index (χ4v) is 3.14. The van der Waals surface area contributed by atoms with Crippen LogP contribution in [0.15, 0.2) is 36.4 Å². The Hall–Kier alpha value is -2.11. The molecule has 1 saturated heterocycles. The van der Waals surface area contributed by atoms with Crippen LogP contribution in [0, 0.1) is 6.92 Å². The third kappa shape index (κ3) is 2.66. The molecule has 1 N–H and O–H groups in total. The summed E-state index contributed by atoms with van der Waals surface area (Å²) in [5, 5.41) is 15.2. The molecule has 0 spiro atoms. The molecule has 2 aromatic heterocycles. The number of nitrogens with zero attached hydrogens (tertiary/aromatic N) is 4. The van der Waals surface area contributed by atoms with E-state index < -0.39 is 0 Å². The number of aliphatic hydroxyl groups excluding tert-OH is 1. The lowest BCUT2D eigenvalue weighted by Crippen LogP contribution is -2.24. The van der Waals surface area contributed by atoms with E-state index in [0.29, 0.717) is 11.6 Å². The van der Waals surface area contributed by atoms with Crippen molar-refractivity contribution < 1.29 is 5.11 Å². The van der Waals surface area contributed by atoms with Gasteiger partial charge in [0.2, 0.25) is 0 Å². The monoisotopic (exact) mass is 328 g/mol. The molecule has 0 amide bonds. The fraction of sp³-hybridized carbons (Fsp3) is 0.294. The minimum atomic E-state index is -0.273. The second kappa shape index (κ2) is 5.51. The van der Waals surface area contributed by atoms with Crippen molar-refractivity contribution in [3.8, 4) is 11.3 Å². The number of benzene rings is 1. The SMILES string of the molecule is Cc1cc(N2CCC(O)C2)n2nc(-c3ccc(Cl)cc3)cc2n1. The van der Waals surface area contributed by atoms with Crippen LogP contribution in [0.4, 0.5) is 5.82 Å². The Kier molecular flexibility index (Phi) is 3.47. The van der Waals surface area contributed by atoms with Crippen LogP contribution in [-0.2, 0) is 0 Å². The number of hydrogen-bond acceptors (Lipinski definition) is 4. The minimum absolute atomic E-state index is 0.273. The zero-order chi connectivity index (χ0) is 16.0. The largest absolute Gasteiger partial charge is 0.391 e. The molecule has 3 aromatic rings. The Morgan fingerprint density at radius 1 is 1.22 bits per heavy atom. The van der Waals surface area contributed by atoms with Gasteiger partial charge in [0.15, 0.2) is 5.65 Å². The Morgan fingerprint density at radius 3 is 2.70 bits per heavy atom. The lowest BCUT2D eigenvalue weighted by Gasteiger charge is -2.19. The molecule has 1 atom stereocenters. The summed E-state index contributed by atoms with van der Waals surface area (Å²) in [6, 6.07) is 11.6. The van der Waals surface area contributed by atoms with Crippen LogP contribution < -0.4 is 4.90 Å². The highest BCUT2D eigenvalue weighted by Gasteiger charge is 2.23. The Morgan fingerprint density at radius 2 is 2.00 bits per heavy atom. The molecular formula is C17H17ClN4O. The number of aromatic nitrogens is 3. The number of rotatable bonds is 2. The fourth-order valence-electron chi connectivity index (χ4n) is 3.02. The van der Waals surface area contributed by atoms with E-state index in [9.17, 15) is 5.11 Å². The molecule has 4 rings (SSSR count). The number of hydrogen-bond donors (Lipinski definition) is 1. The van der Waals surface area contributed by atoms with Gasteiger partial charge in [0, 0.05) is 41.5 Å². The molecule has 5 nitrogen and oxygen atoms in total. The van der Waals surface area contributed by atoms with Crippen molar-refractivity contribution in [1.29, 1.82) is 0 Å². The van der Waals surface area contributed by atoms with Crippen LogP contribution in [-0.4, -0.2) is 38.9 Å². The average Bonchev–Trinajstić information content (AvgIpc) is 3.13. The second-order valence-electron chi connectivity index (χ2n) is 5.95. The topological polar surface area (TPSA) is 53.7 Å². The smallest absolute Gasteiger partial charge is 0.158 e. The van der Waals surface area contributed by atoms with Crippen molar-refractivity contribution in [3.05, 3.63) is 47.1 Å². The third-order valence-electron chi connectivity index (χ3n) is 4.16. The minimum Gasteiger partial charge on any atom is -0.391 e. The van der Waals surface area contributed by atoms with Crippen LogP contribution in [0.3, 0.4) is 0 Å². The molecule has 1 aliphatic rings. The molecule has 118 valence electrons. The predicted molar refractivity (Wildman–Crippen MR) is 91.0 cm³/mol. The zero-order valence-electron chi connectivity index (χ0n) is 12.8. The normalized spacial score (nSPS) is 18.0. The number of halogens is 1. The van der Waals surface area contributed by atoms with Gasteiger partial charge in [0.1, 0.15) is 5.82 Å². The zero-order valence-corrected chi connectivity index (χ0v) is 13.5. The standard InChI is InChI=1S/C17H17ClN4O/c1-11-8-17(21-7-6-14(23)10-21)22-16(19-11)9-15(20-22)12-2-4-13(18)5-3-12/h2-5,8-9,14,23H,6-7,10H2,1H3. The van der Waals surface area contributed by atoms with Gasteiger partial charge in [-0.05, 0) is 25.5 Å². The number of aryl methyl sites for hydroxylation is 1. The van der Waals surface area contributed by atoms with Crippen LogP contribution in [0.2, 0.25) is 5.02 Å². The van der Waals surface area contributed by atoms with E-state index in [1.54, 1.807) is 0 Å². The van der Waals surface area contributed by atoms with Crippen molar-refractivity contribution in [2.24, 2.45) is 0 Å². The summed E-state index contributed by atoms with van der Waals surface area (Å²) in [4.78, 5) is 6.73. The second-order valence-corrected chi connectivity index (χ2v) is 6.39. The first-order valence-corrected chi connectivity index (χ1v) is 8.04. The van der Waals surface area contributed by atoms with E-state index in [0.717, 1.165) is 41.4 Å². The summed E-state index contributed by atoms with van der Waals surface area (Å²) < 4.78 is 1.86. The predicted octanol–water partition coefficient (Wildman–Crippen LogP) is 2.93. The first-order chi connectivity index (χ1) is 11.1. The van der Waals surface area contributed by atoms with Gasteiger partial charge in [-0.1, -0.05) is 23.7 Å². The van der Waals surface area contributed by atoms with Gasteiger partial charge in [-0.25, -0.2) is 4.98 Å². The van der Waals surface area contributed by atoms with Crippen LogP contribution >= 0.6 is 11.6 Å². The molecule has 6 heteroatoms. The lowest BCUT2D eigenvalue weighted by molar-refractivity contribution is 0.198. The molecule has 1 unspecified atom stereocenters. The van der Waals surface area contributed by atoms with Crippen molar-refractivity contribution in [3.63, 3.8) is 0 Å². The average molecular weight is 329 g/mol.